The molecule has 2 rings (SSSR count). The molecule has 104 valence electrons. The standard InChI is InChI=1S/C17H18FNO/c1-12-7-8-16(18)15(11-12)17(20)14-6-4-3-5-13(14)9-10-19-2/h3-8,11,19H,9-10H2,1-2H3. The Bertz CT molecular complexity index is 622. The minimum Gasteiger partial charge on any atom is -0.319 e. The molecule has 2 aromatic carbocycles. The molecule has 2 nitrogen and oxygen atoms in total. The number of nitrogens with one attached hydrogen (secondary N) is 1. The summed E-state index contributed by atoms with van der Waals surface area (Å²) in [4.78, 5) is 12.5. The Labute approximate surface area is 118 Å². The first kappa shape index (κ1) is 14.4. The van der Waals surface area contributed by atoms with Crippen molar-refractivity contribution in [2.75, 3.05) is 13.6 Å². The number of hydrogen-bond acceptors (Lipinski definition) is 2. The Hall–Kier alpha value is -2.00. The van der Waals surface area contributed by atoms with Gasteiger partial charge in [-0.05, 0) is 44.6 Å². The molecular weight excluding hydrogens is 253 g/mol. The van der Waals surface area contributed by atoms with E-state index in [1.165, 1.54) is 6.07 Å². The van der Waals surface area contributed by atoms with Crippen molar-refractivity contribution < 1.29 is 9.18 Å². The summed E-state index contributed by atoms with van der Waals surface area (Å²) < 4.78 is 13.9. The smallest absolute Gasteiger partial charge is 0.196 e. The van der Waals surface area contributed by atoms with E-state index in [0.29, 0.717) is 5.56 Å². The van der Waals surface area contributed by atoms with Crippen LogP contribution >= 0.6 is 0 Å². The van der Waals surface area contributed by atoms with Crippen molar-refractivity contribution in [1.29, 1.82) is 0 Å². The van der Waals surface area contributed by atoms with Crippen LogP contribution in [0.2, 0.25) is 0 Å². The van der Waals surface area contributed by atoms with Crippen molar-refractivity contribution in [1.82, 2.24) is 5.32 Å². The van der Waals surface area contributed by atoms with Crippen molar-refractivity contribution in [3.05, 3.63) is 70.5 Å². The second-order valence-corrected chi connectivity index (χ2v) is 4.82. The molecule has 0 aliphatic carbocycles. The predicted octanol–water partition coefficient (Wildman–Crippen LogP) is 3.13. The Morgan fingerprint density at radius 3 is 2.65 bits per heavy atom. The van der Waals surface area contributed by atoms with E-state index >= 15 is 0 Å². The molecule has 0 bridgehead atoms. The van der Waals surface area contributed by atoms with Gasteiger partial charge in [0, 0.05) is 5.56 Å². The average Bonchev–Trinajstić information content (AvgIpc) is 2.47. The second kappa shape index (κ2) is 6.44. The number of halogens is 1. The van der Waals surface area contributed by atoms with Crippen molar-refractivity contribution in [2.45, 2.75) is 13.3 Å². The molecule has 1 N–H and O–H groups in total. The molecule has 0 saturated heterocycles. The van der Waals surface area contributed by atoms with Gasteiger partial charge in [-0.2, -0.15) is 0 Å². The predicted molar refractivity (Wildman–Crippen MR) is 78.6 cm³/mol. The van der Waals surface area contributed by atoms with Crippen LogP contribution < -0.4 is 5.32 Å². The van der Waals surface area contributed by atoms with Crippen LogP contribution in [0.3, 0.4) is 0 Å². The lowest BCUT2D eigenvalue weighted by molar-refractivity contribution is 0.103. The van der Waals surface area contributed by atoms with Crippen LogP contribution in [-0.2, 0) is 6.42 Å². The van der Waals surface area contributed by atoms with E-state index in [4.69, 9.17) is 0 Å². The zero-order valence-electron chi connectivity index (χ0n) is 11.7. The van der Waals surface area contributed by atoms with Gasteiger partial charge in [-0.25, -0.2) is 4.39 Å². The maximum absolute atomic E-state index is 13.9. The molecule has 0 fully saturated rings. The quantitative estimate of drug-likeness (QED) is 0.847. The molecular formula is C17H18FNO. The van der Waals surface area contributed by atoms with Gasteiger partial charge in [-0.15, -0.1) is 0 Å². The van der Waals surface area contributed by atoms with Crippen LogP contribution in [0, 0.1) is 12.7 Å². The maximum Gasteiger partial charge on any atom is 0.196 e. The summed E-state index contributed by atoms with van der Waals surface area (Å²) >= 11 is 0. The molecule has 0 aliphatic rings. The number of ketones is 1. The Balaban J connectivity index is 2.40. The van der Waals surface area contributed by atoms with Gasteiger partial charge in [0.05, 0.1) is 5.56 Å². The highest BCUT2D eigenvalue weighted by molar-refractivity contribution is 6.10. The normalized spacial score (nSPS) is 10.6. The van der Waals surface area contributed by atoms with E-state index in [2.05, 4.69) is 5.32 Å². The third kappa shape index (κ3) is 3.11. The topological polar surface area (TPSA) is 29.1 Å². The Morgan fingerprint density at radius 2 is 1.90 bits per heavy atom. The van der Waals surface area contributed by atoms with Crippen LogP contribution in [0.25, 0.3) is 0 Å². The van der Waals surface area contributed by atoms with Crippen LogP contribution in [0.4, 0.5) is 4.39 Å². The highest BCUT2D eigenvalue weighted by atomic mass is 19.1. The van der Waals surface area contributed by atoms with Gasteiger partial charge in [-0.3, -0.25) is 4.79 Å². The summed E-state index contributed by atoms with van der Waals surface area (Å²) in [6.07, 6.45) is 0.742. The SMILES string of the molecule is CNCCc1ccccc1C(=O)c1cc(C)ccc1F. The summed E-state index contributed by atoms with van der Waals surface area (Å²) in [5, 5.41) is 3.06. The van der Waals surface area contributed by atoms with Crippen LogP contribution in [0.15, 0.2) is 42.5 Å². The zero-order valence-corrected chi connectivity index (χ0v) is 11.7. The van der Waals surface area contributed by atoms with Gasteiger partial charge < -0.3 is 5.32 Å². The lowest BCUT2D eigenvalue weighted by atomic mass is 9.95. The van der Waals surface area contributed by atoms with Crippen molar-refractivity contribution in [2.24, 2.45) is 0 Å². The third-order valence-electron chi connectivity index (χ3n) is 3.27. The zero-order chi connectivity index (χ0) is 14.5. The maximum atomic E-state index is 13.9. The van der Waals surface area contributed by atoms with Gasteiger partial charge >= 0.3 is 0 Å². The number of likely N-dealkylation sites (N-methyl/N-ethyl adjacent to an activating group) is 1. The highest BCUT2D eigenvalue weighted by Crippen LogP contribution is 2.18. The van der Waals surface area contributed by atoms with Gasteiger partial charge in [0.1, 0.15) is 5.82 Å². The third-order valence-corrected chi connectivity index (χ3v) is 3.27. The van der Waals surface area contributed by atoms with E-state index in [1.54, 1.807) is 18.2 Å². The number of rotatable bonds is 5. The van der Waals surface area contributed by atoms with Gasteiger partial charge in [-0.1, -0.05) is 35.9 Å². The summed E-state index contributed by atoms with van der Waals surface area (Å²) in [5.74, 6) is -0.720. The van der Waals surface area contributed by atoms with E-state index in [9.17, 15) is 9.18 Å². The molecule has 0 spiro atoms. The van der Waals surface area contributed by atoms with E-state index in [-0.39, 0.29) is 11.3 Å². The van der Waals surface area contributed by atoms with Crippen LogP contribution in [0.1, 0.15) is 27.0 Å². The number of aryl methyl sites for hydroxylation is 1. The first-order valence-electron chi connectivity index (χ1n) is 6.67. The summed E-state index contributed by atoms with van der Waals surface area (Å²) in [7, 11) is 1.87. The number of carbonyl (C=O) groups is 1. The molecule has 3 heteroatoms. The largest absolute Gasteiger partial charge is 0.319 e. The fourth-order valence-corrected chi connectivity index (χ4v) is 2.18. The molecule has 0 unspecified atom stereocenters. The monoisotopic (exact) mass is 271 g/mol. The lowest BCUT2D eigenvalue weighted by Gasteiger charge is -2.09. The molecule has 0 aliphatic heterocycles. The molecule has 0 saturated carbocycles. The fourth-order valence-electron chi connectivity index (χ4n) is 2.18. The summed E-state index contributed by atoms with van der Waals surface area (Å²) in [6.45, 7) is 2.63. The van der Waals surface area contributed by atoms with Gasteiger partial charge in [0.25, 0.3) is 0 Å². The number of carbonyl (C=O) groups excluding carboxylic acids is 1. The molecule has 20 heavy (non-hydrogen) atoms. The minimum absolute atomic E-state index is 0.141. The molecule has 0 heterocycles. The van der Waals surface area contributed by atoms with E-state index < -0.39 is 5.82 Å². The van der Waals surface area contributed by atoms with Gasteiger partial charge in [0.2, 0.25) is 0 Å². The molecule has 0 atom stereocenters. The van der Waals surface area contributed by atoms with E-state index in [1.807, 2.05) is 32.2 Å². The fraction of sp³-hybridized carbons (Fsp3) is 0.235. The Morgan fingerprint density at radius 1 is 1.15 bits per heavy atom. The average molecular weight is 271 g/mol. The highest BCUT2D eigenvalue weighted by Gasteiger charge is 2.16. The van der Waals surface area contributed by atoms with Gasteiger partial charge in [0.15, 0.2) is 5.78 Å². The first-order chi connectivity index (χ1) is 9.63. The molecule has 2 aromatic rings. The second-order valence-electron chi connectivity index (χ2n) is 4.82. The van der Waals surface area contributed by atoms with Crippen LogP contribution in [0.5, 0.6) is 0 Å². The van der Waals surface area contributed by atoms with Crippen molar-refractivity contribution in [3.63, 3.8) is 0 Å². The first-order valence-corrected chi connectivity index (χ1v) is 6.67. The number of benzene rings is 2. The molecule has 0 radical (unpaired) electrons. The van der Waals surface area contributed by atoms with Crippen molar-refractivity contribution in [3.8, 4) is 0 Å². The molecule has 0 amide bonds. The lowest BCUT2D eigenvalue weighted by Crippen LogP contribution is -2.14. The van der Waals surface area contributed by atoms with E-state index in [0.717, 1.165) is 24.1 Å². The molecule has 0 aromatic heterocycles. The van der Waals surface area contributed by atoms with Crippen LogP contribution in [-0.4, -0.2) is 19.4 Å². The summed E-state index contributed by atoms with van der Waals surface area (Å²) in [5.41, 5.74) is 2.53. The van der Waals surface area contributed by atoms with Crippen molar-refractivity contribution >= 4 is 5.78 Å². The minimum atomic E-state index is -0.469. The summed E-state index contributed by atoms with van der Waals surface area (Å²) in [6, 6.07) is 12.0. The Kier molecular flexibility index (Phi) is 4.64. The number of hydrogen-bond donors (Lipinski definition) is 1.